The van der Waals surface area contributed by atoms with E-state index in [1.165, 1.54) is 34.1 Å². The summed E-state index contributed by atoms with van der Waals surface area (Å²) in [6.07, 6.45) is 3.31. The van der Waals surface area contributed by atoms with E-state index in [-0.39, 0.29) is 144 Å². The van der Waals surface area contributed by atoms with Crippen LogP contribution in [0.25, 0.3) is 10.9 Å². The first-order valence-corrected chi connectivity index (χ1v) is 38.3. The molecule has 0 spiro atoms. The van der Waals surface area contributed by atoms with Crippen molar-refractivity contribution < 1.29 is 120 Å². The van der Waals surface area contributed by atoms with Gasteiger partial charge in [0.25, 0.3) is 0 Å². The second-order valence-corrected chi connectivity index (χ2v) is 29.3. The van der Waals surface area contributed by atoms with Crippen molar-refractivity contribution in [3.63, 3.8) is 0 Å². The number of hydrogen-bond acceptors (Lipinski definition) is 22. The van der Waals surface area contributed by atoms with Crippen LogP contribution in [0, 0.1) is 11.8 Å². The zero-order chi connectivity index (χ0) is 84.3. The number of aromatic amines is 1. The van der Waals surface area contributed by atoms with Gasteiger partial charge in [-0.2, -0.15) is 0 Å². The second kappa shape index (κ2) is 49.2. The van der Waals surface area contributed by atoms with Crippen molar-refractivity contribution in [1.29, 1.82) is 0 Å². The number of carbonyl (C=O) groups excluding carboxylic acids is 9. The third kappa shape index (κ3) is 33.9. The molecule has 3 aromatic carbocycles. The molecule has 0 bridgehead atoms. The maximum Gasteiger partial charge on any atom is 0.317 e. The molecule has 6 rings (SSSR count). The maximum atomic E-state index is 15.0. The van der Waals surface area contributed by atoms with Crippen LogP contribution < -0.4 is 59.3 Å². The maximum absolute atomic E-state index is 15.0. The van der Waals surface area contributed by atoms with E-state index < -0.39 is 183 Å². The van der Waals surface area contributed by atoms with Crippen LogP contribution in [0.15, 0.2) is 102 Å². The topological polar surface area (TPSA) is 585 Å². The fraction of sp³-hybridized carbons (Fsp3) is 0.532. The van der Waals surface area contributed by atoms with Crippen molar-refractivity contribution in [3.8, 4) is 5.75 Å². The van der Waals surface area contributed by atoms with Gasteiger partial charge in [0.15, 0.2) is 5.96 Å². The van der Waals surface area contributed by atoms with Gasteiger partial charge < -0.3 is 105 Å². The van der Waals surface area contributed by atoms with Crippen molar-refractivity contribution >= 4 is 93.9 Å². The minimum absolute atomic E-state index is 0. The fourth-order valence-corrected chi connectivity index (χ4v) is 13.5. The fourth-order valence-electron chi connectivity index (χ4n) is 13.5. The summed E-state index contributed by atoms with van der Waals surface area (Å²) < 4.78 is 0. The number of phenolic OH excluding ortho intramolecular Hbond substituents is 1. The van der Waals surface area contributed by atoms with Crippen molar-refractivity contribution in [2.75, 3.05) is 98.3 Å². The van der Waals surface area contributed by atoms with Gasteiger partial charge in [-0.15, -0.1) is 0 Å². The molecule has 38 nitrogen and oxygen atoms in total. The van der Waals surface area contributed by atoms with Gasteiger partial charge >= 0.3 is 23.9 Å². The van der Waals surface area contributed by atoms with E-state index >= 15 is 0 Å². The molecule has 9 amide bonds. The number of nitrogens with zero attached hydrogens (tertiary/aromatic N) is 5. The van der Waals surface area contributed by atoms with Crippen LogP contribution in [0.2, 0.25) is 0 Å². The number of guanidine groups is 1. The number of aliphatic hydroxyl groups excluding tert-OH is 3. The number of benzene rings is 3. The molecule has 22 N–H and O–H groups in total. The zero-order valence-electron chi connectivity index (χ0n) is 65.0. The molecule has 116 heavy (non-hydrogen) atoms. The Bertz CT molecular complexity index is 3940. The summed E-state index contributed by atoms with van der Waals surface area (Å²) >= 11 is 0. The average Bonchev–Trinajstić information content (AvgIpc) is 1.70. The molecule has 641 valence electrons. The number of H-pyrrole nitrogens is 1. The van der Waals surface area contributed by atoms with Crippen molar-refractivity contribution in [1.82, 2.24) is 72.4 Å². The minimum Gasteiger partial charge on any atom is -0.511 e. The van der Waals surface area contributed by atoms with Crippen LogP contribution in [-0.4, -0.2) is 301 Å². The van der Waals surface area contributed by atoms with Crippen molar-refractivity contribution in [2.45, 2.75) is 152 Å². The Morgan fingerprint density at radius 1 is 0.483 bits per heavy atom. The van der Waals surface area contributed by atoms with Crippen LogP contribution >= 0.6 is 0 Å². The average molecular weight is 1670 g/mol. The van der Waals surface area contributed by atoms with Gasteiger partial charge in [-0.3, -0.25) is 86.9 Å². The van der Waals surface area contributed by atoms with Crippen LogP contribution in [0.3, 0.4) is 0 Å². The second-order valence-electron chi connectivity index (χ2n) is 29.3. The summed E-state index contributed by atoms with van der Waals surface area (Å²) in [5.74, 6) is -15.3. The summed E-state index contributed by atoms with van der Waals surface area (Å²) in [7, 11) is 0. The largest absolute Gasteiger partial charge is 0.511 e. The summed E-state index contributed by atoms with van der Waals surface area (Å²) in [4.78, 5) is 193. The van der Waals surface area contributed by atoms with E-state index in [9.17, 15) is 103 Å². The van der Waals surface area contributed by atoms with Gasteiger partial charge in [-0.05, 0) is 72.4 Å². The number of nitrogens with one attached hydrogen (secondary N) is 10. The Hall–Kier alpha value is -10.8. The summed E-state index contributed by atoms with van der Waals surface area (Å²) in [5, 5.41) is 105. The van der Waals surface area contributed by atoms with Crippen LogP contribution in [-0.2, 0) is 98.7 Å². The molecule has 39 heteroatoms. The first-order chi connectivity index (χ1) is 54.7. The number of fused-ring (bicyclic) bond motifs is 1. The molecule has 1 aliphatic heterocycles. The Balaban J connectivity index is 0.0000240. The molecule has 1 saturated carbocycles. The molecule has 1 aromatic heterocycles. The van der Waals surface area contributed by atoms with Gasteiger partial charge in [0.05, 0.1) is 45.8 Å². The molecule has 4 aromatic rings. The zero-order valence-corrected chi connectivity index (χ0v) is 66.0. The minimum atomic E-state index is -1.88. The molecule has 2 aliphatic rings. The van der Waals surface area contributed by atoms with E-state index in [1.54, 1.807) is 84.4 Å². The Morgan fingerprint density at radius 2 is 0.897 bits per heavy atom. The normalized spacial score (nSPS) is 16.5. The molecule has 1 aliphatic carbocycles. The Morgan fingerprint density at radius 3 is 1.39 bits per heavy atom. The van der Waals surface area contributed by atoms with Gasteiger partial charge in [-0.1, -0.05) is 113 Å². The molecule has 3 unspecified atom stereocenters. The monoisotopic (exact) mass is 1670 g/mol. The first kappa shape index (κ1) is 95.8. The first-order valence-electron chi connectivity index (χ1n) is 38.3. The number of nitrogens with two attached hydrogens (primary N) is 2. The van der Waals surface area contributed by atoms with Gasteiger partial charge in [0.1, 0.15) is 65.9 Å². The number of phenols is 1. The van der Waals surface area contributed by atoms with E-state index in [0.717, 1.165) is 30.2 Å². The number of carboxylic acid groups (broad SMARTS) is 4. The van der Waals surface area contributed by atoms with Gasteiger partial charge in [0, 0.05) is 112 Å². The quantitative estimate of drug-likeness (QED) is 0.00706. The van der Waals surface area contributed by atoms with Crippen LogP contribution in [0.1, 0.15) is 94.7 Å². The molecule has 1 saturated heterocycles. The predicted octanol–water partition coefficient (Wildman–Crippen LogP) is -2.66. The van der Waals surface area contributed by atoms with Crippen LogP contribution in [0.4, 0.5) is 0 Å². The molecule has 2 heterocycles. The number of aromatic nitrogens is 1. The number of aliphatic carboxylic acids is 4. The van der Waals surface area contributed by atoms with Crippen LogP contribution in [0.5, 0.6) is 5.75 Å². The molecule has 2 fully saturated rings. The molecular weight excluding hydrogens is 1560 g/mol. The van der Waals surface area contributed by atoms with Crippen molar-refractivity contribution in [2.24, 2.45) is 28.3 Å². The molecule has 1 radical (unpaired) electrons. The molecule has 9 atom stereocenters. The van der Waals surface area contributed by atoms with Gasteiger partial charge in [-0.25, -0.2) is 0 Å². The number of amides is 9. The summed E-state index contributed by atoms with van der Waals surface area (Å²) in [5.41, 5.74) is 13.4. The number of hydrogen-bond donors (Lipinski definition) is 20. The number of carbonyl (C=O) groups is 13. The third-order valence-corrected chi connectivity index (χ3v) is 19.6. The summed E-state index contributed by atoms with van der Waals surface area (Å²) in [6, 6.07) is 6.92. The number of para-hydroxylation sites is 1. The Labute approximate surface area is 681 Å². The predicted molar refractivity (Wildman–Crippen MR) is 419 cm³/mol. The number of carboxylic acids is 4. The third-order valence-electron chi connectivity index (χ3n) is 19.6. The summed E-state index contributed by atoms with van der Waals surface area (Å²) in [6.45, 7) is 3.61. The molecular formula is C77H111CuN17O21. The SMILES string of the molecule is C=C(O)[C@H](CO)NC(=O)[C@H](Cc1c[nH]c2ccccc12)NC(=O)[C@H](CC(C)C)NC(=O)[C@H](Cc1ccc(O)cc1)NC(=O)C(CCCN=C(N)N)NC(=O)C(CO)NC(=O)C(Cc1ccccc1)NC(=O)[C@H](CC1CCCCC1)NC(=O)[C@@H](CC(=O)O)NC(=O)CN1CCN(CC(=O)O)CCN(CC(=O)O)CCN(CC(=O)O)CC1.[64Cu]. The van der Waals surface area contributed by atoms with Crippen molar-refractivity contribution in [3.05, 3.63) is 114 Å². The number of aliphatic imine (C=N–C) groups is 1. The Kier molecular flexibility index (Phi) is 40.6. The smallest absolute Gasteiger partial charge is 0.317 e. The number of rotatable bonds is 44. The van der Waals surface area contributed by atoms with E-state index in [1.807, 2.05) is 0 Å². The number of aliphatic hydroxyl groups is 3. The van der Waals surface area contributed by atoms with E-state index in [0.29, 0.717) is 29.5 Å². The number of aromatic hydroxyl groups is 1. The standard InChI is InChI=1S/C77H111N17O21.Cu/c1-46(2)33-56(70(109)88-60(74(113)89-62(44-95)47(3)97)37-51-39-81-54-18-11-10-17-53(51)54)84-71(110)59(36-50-20-22-52(98)23-21-50)85-69(108)55(19-12-24-80-77(78)79)83-76(115)63(45-96)90-73(112)58(35-49-15-8-5-9-16-49)86-72(111)57(34-48-13-6-4-7-14-48)87-75(114)61(38-65(100)101)82-64(99)40-91-25-27-92(41-66(102)103)29-31-94(43-68(106)107)32-30-93(28-26-91)42-67(104)105;/h5,8-11,15-18,20-23,39,46,48,55-63,81,95-98H,3-4,6-7,12-14,19,24-38,40-45H2,1-2H3,(H,82,99)(H,83,115)(H,84,110)(H,85,108)(H,86,111)(H,87,114)(H,88,109)(H,89,113)(H,90,112)(H,100,101)(H,102,103)(H,104,105)(H,106,107)(H4,78,79,80);/t55?,56-,57-,58?,59-,60-,61+,62-,63?;/m0./s1/i;1+0. The van der Waals surface area contributed by atoms with E-state index in [2.05, 4.69) is 64.4 Å². The van der Waals surface area contributed by atoms with Gasteiger partial charge in [0.2, 0.25) is 53.2 Å². The van der Waals surface area contributed by atoms with E-state index in [4.69, 9.17) is 11.5 Å².